The average Bonchev–Trinajstić information content (AvgIpc) is 3.89. The molecule has 0 amide bonds. The van der Waals surface area contributed by atoms with Gasteiger partial charge in [0.25, 0.3) is 0 Å². The summed E-state index contributed by atoms with van der Waals surface area (Å²) in [7, 11) is 0. The number of pyridine rings is 3. The Kier molecular flexibility index (Phi) is 5.45. The van der Waals surface area contributed by atoms with Crippen molar-refractivity contribution < 1.29 is 35.8 Å². The summed E-state index contributed by atoms with van der Waals surface area (Å²) < 4.78 is 94.4. The third kappa shape index (κ3) is 4.65. The number of hydrogen-bond acceptors (Lipinski definition) is 7. The Balaban J connectivity index is 1.25. The van der Waals surface area contributed by atoms with Crippen molar-refractivity contribution in [2.75, 3.05) is 18.4 Å². The Morgan fingerprint density at radius 2 is 1.63 bits per heavy atom. The second kappa shape index (κ2) is 8.79. The highest BCUT2D eigenvalue weighted by Crippen LogP contribution is 2.55. The van der Waals surface area contributed by atoms with E-state index < -0.39 is 23.5 Å². The highest BCUT2D eigenvalue weighted by atomic mass is 19.4. The molecule has 222 valence electrons. The van der Waals surface area contributed by atoms with Gasteiger partial charge in [-0.1, -0.05) is 0 Å². The summed E-state index contributed by atoms with van der Waals surface area (Å²) >= 11 is 0. The maximum atomic E-state index is 13.8. The molecular formula is C30H23F6N5O2. The molecule has 3 aromatic heterocycles. The maximum Gasteiger partial charge on any atom is 0.418 e. The lowest BCUT2D eigenvalue weighted by Crippen LogP contribution is -2.50. The summed E-state index contributed by atoms with van der Waals surface area (Å²) in [5, 5.41) is 3.62. The quantitative estimate of drug-likeness (QED) is 0.216. The van der Waals surface area contributed by atoms with Gasteiger partial charge in [0.05, 0.1) is 39.4 Å². The Hall–Kier alpha value is -3.97. The van der Waals surface area contributed by atoms with Crippen LogP contribution in [0.2, 0.25) is 0 Å². The van der Waals surface area contributed by atoms with Crippen LogP contribution in [0.25, 0.3) is 22.4 Å². The lowest BCUT2D eigenvalue weighted by Gasteiger charge is -2.39. The molecule has 2 aliphatic heterocycles. The van der Waals surface area contributed by atoms with E-state index >= 15 is 0 Å². The fourth-order valence-corrected chi connectivity index (χ4v) is 6.13. The average molecular weight is 600 g/mol. The van der Waals surface area contributed by atoms with Crippen LogP contribution in [-0.2, 0) is 23.6 Å². The Morgan fingerprint density at radius 3 is 2.30 bits per heavy atom. The molecule has 0 atom stereocenters. The molecule has 8 rings (SSSR count). The van der Waals surface area contributed by atoms with Crippen LogP contribution >= 0.6 is 0 Å². The zero-order valence-electron chi connectivity index (χ0n) is 22.4. The Bertz CT molecular complexity index is 1780. The molecule has 1 N–H and O–H groups in total. The molecule has 5 heterocycles. The van der Waals surface area contributed by atoms with Gasteiger partial charge in [0.1, 0.15) is 11.4 Å². The third-order valence-electron chi connectivity index (χ3n) is 8.46. The molecule has 3 fully saturated rings. The van der Waals surface area contributed by atoms with Crippen molar-refractivity contribution in [2.45, 2.75) is 55.8 Å². The predicted octanol–water partition coefficient (Wildman–Crippen LogP) is 7.48. The van der Waals surface area contributed by atoms with E-state index in [0.717, 1.165) is 43.9 Å². The van der Waals surface area contributed by atoms with E-state index in [-0.39, 0.29) is 39.7 Å². The van der Waals surface area contributed by atoms with Gasteiger partial charge in [-0.3, -0.25) is 9.88 Å². The van der Waals surface area contributed by atoms with Crippen LogP contribution in [0.5, 0.6) is 11.5 Å². The number of benzene rings is 1. The fourth-order valence-electron chi connectivity index (χ4n) is 6.13. The summed E-state index contributed by atoms with van der Waals surface area (Å²) in [4.78, 5) is 15.4. The third-order valence-corrected chi connectivity index (χ3v) is 8.46. The molecule has 2 spiro atoms. The normalized spacial score (nSPS) is 20.0. The Morgan fingerprint density at radius 1 is 0.884 bits per heavy atom. The minimum Gasteiger partial charge on any atom is -0.451 e. The zero-order chi connectivity index (χ0) is 29.8. The number of alkyl halides is 6. The van der Waals surface area contributed by atoms with Crippen LogP contribution in [0.3, 0.4) is 0 Å². The van der Waals surface area contributed by atoms with Gasteiger partial charge < -0.3 is 14.8 Å². The van der Waals surface area contributed by atoms with Gasteiger partial charge in [0.15, 0.2) is 17.1 Å². The lowest BCUT2D eigenvalue weighted by molar-refractivity contribution is -0.138. The molecule has 1 saturated heterocycles. The summed E-state index contributed by atoms with van der Waals surface area (Å²) in [6.07, 6.45) is -4.11. The van der Waals surface area contributed by atoms with Gasteiger partial charge in [-0.2, -0.15) is 26.3 Å². The molecule has 7 nitrogen and oxygen atoms in total. The first kappa shape index (κ1) is 26.6. The number of aromatic nitrogens is 3. The largest absolute Gasteiger partial charge is 0.451 e. The first-order valence-electron chi connectivity index (χ1n) is 13.9. The van der Waals surface area contributed by atoms with Gasteiger partial charge in [0, 0.05) is 31.2 Å². The van der Waals surface area contributed by atoms with Crippen LogP contribution < -0.4 is 10.1 Å². The number of hydrogen-bond donors (Lipinski definition) is 1. The smallest absolute Gasteiger partial charge is 0.418 e. The molecule has 13 heteroatoms. The predicted molar refractivity (Wildman–Crippen MR) is 143 cm³/mol. The van der Waals surface area contributed by atoms with Crippen molar-refractivity contribution in [3.8, 4) is 22.9 Å². The standard InChI is InChI=1S/C30H23F6N5O2/c31-29(32,33)16-3-5-19-22(12-16)42-25-21(13-41-14-27(7-8-27)43-28(15-41)9-10-28)40-26-17(23(25)38-19)4-6-20(39-26)24-18(30(34,35)36)2-1-11-37-24/h1-6,11-12,38H,7-10,13-15H2. The second-order valence-corrected chi connectivity index (χ2v) is 11.8. The van der Waals surface area contributed by atoms with Crippen LogP contribution in [0.15, 0.2) is 48.7 Å². The van der Waals surface area contributed by atoms with Crippen molar-refractivity contribution in [1.29, 1.82) is 0 Å². The summed E-state index contributed by atoms with van der Waals surface area (Å²) in [6.45, 7) is 1.63. The number of rotatable bonds is 3. The summed E-state index contributed by atoms with van der Waals surface area (Å²) in [5.74, 6) is 0.251. The van der Waals surface area contributed by atoms with Gasteiger partial charge >= 0.3 is 12.4 Å². The number of halogens is 6. The monoisotopic (exact) mass is 599 g/mol. The van der Waals surface area contributed by atoms with Crippen molar-refractivity contribution in [3.05, 3.63) is 65.5 Å². The molecule has 4 aromatic rings. The SMILES string of the molecule is FC(F)(F)c1ccc2c(c1)Oc1c(CN3CC4(CC4)OC4(CC4)C3)nc3nc(-c4ncccc4C(F)(F)F)ccc3c1N2. The first-order valence-corrected chi connectivity index (χ1v) is 13.9. The first-order chi connectivity index (χ1) is 20.4. The topological polar surface area (TPSA) is 72.4 Å². The van der Waals surface area contributed by atoms with E-state index in [2.05, 4.69) is 20.2 Å². The highest BCUT2D eigenvalue weighted by molar-refractivity contribution is 5.98. The molecule has 43 heavy (non-hydrogen) atoms. The fraction of sp³-hybridized carbons (Fsp3) is 0.367. The van der Waals surface area contributed by atoms with Crippen molar-refractivity contribution in [3.63, 3.8) is 0 Å². The molecule has 2 saturated carbocycles. The van der Waals surface area contributed by atoms with E-state index in [1.807, 2.05) is 0 Å². The Labute approximate surface area is 240 Å². The maximum absolute atomic E-state index is 13.8. The number of ether oxygens (including phenoxy) is 2. The molecule has 0 unspecified atom stereocenters. The number of anilines is 2. The van der Waals surface area contributed by atoms with E-state index in [9.17, 15) is 26.3 Å². The van der Waals surface area contributed by atoms with E-state index in [0.29, 0.717) is 42.1 Å². The highest BCUT2D eigenvalue weighted by Gasteiger charge is 2.60. The van der Waals surface area contributed by atoms with Gasteiger partial charge in [-0.25, -0.2) is 9.97 Å². The molecule has 4 aliphatic rings. The zero-order valence-corrected chi connectivity index (χ0v) is 22.4. The molecule has 2 aliphatic carbocycles. The van der Waals surface area contributed by atoms with Crippen molar-refractivity contribution >= 4 is 22.4 Å². The second-order valence-electron chi connectivity index (χ2n) is 11.8. The number of nitrogens with one attached hydrogen (secondary N) is 1. The molecule has 0 bridgehead atoms. The number of fused-ring (bicyclic) bond motifs is 4. The number of nitrogens with zero attached hydrogens (tertiary/aromatic N) is 4. The van der Waals surface area contributed by atoms with Crippen molar-refractivity contribution in [2.24, 2.45) is 0 Å². The molecule has 0 radical (unpaired) electrons. The molecular weight excluding hydrogens is 576 g/mol. The van der Waals surface area contributed by atoms with Crippen LogP contribution in [0, 0.1) is 0 Å². The van der Waals surface area contributed by atoms with Gasteiger partial charge in [-0.05, 0) is 68.1 Å². The minimum atomic E-state index is -4.64. The van der Waals surface area contributed by atoms with E-state index in [1.54, 1.807) is 6.07 Å². The minimum absolute atomic E-state index is 0.00286. The van der Waals surface area contributed by atoms with Gasteiger partial charge in [0.2, 0.25) is 0 Å². The van der Waals surface area contributed by atoms with E-state index in [1.165, 1.54) is 24.4 Å². The number of morpholine rings is 1. The van der Waals surface area contributed by atoms with Crippen molar-refractivity contribution in [1.82, 2.24) is 19.9 Å². The lowest BCUT2D eigenvalue weighted by atomic mass is 10.1. The van der Waals surface area contributed by atoms with E-state index in [4.69, 9.17) is 14.5 Å². The van der Waals surface area contributed by atoms with Gasteiger partial charge in [-0.15, -0.1) is 0 Å². The van der Waals surface area contributed by atoms with Crippen LogP contribution in [0.1, 0.15) is 42.5 Å². The summed E-state index contributed by atoms with van der Waals surface area (Å²) in [5.41, 5.74) is -1.19. The van der Waals surface area contributed by atoms with Crippen LogP contribution in [0.4, 0.5) is 37.7 Å². The van der Waals surface area contributed by atoms with Crippen LogP contribution in [-0.4, -0.2) is 44.1 Å². The summed E-state index contributed by atoms with van der Waals surface area (Å²) in [6, 6.07) is 8.33. The molecule has 1 aromatic carbocycles.